The summed E-state index contributed by atoms with van der Waals surface area (Å²) >= 11 is 0. The van der Waals surface area contributed by atoms with Crippen molar-refractivity contribution in [3.8, 4) is 55.9 Å². The molecular weight excluding hydrogens is 1030 g/mol. The van der Waals surface area contributed by atoms with Gasteiger partial charge in [0.25, 0.3) is 0 Å². The molecule has 14 rings (SSSR count). The number of aromatic nitrogens is 2. The van der Waals surface area contributed by atoms with Crippen molar-refractivity contribution >= 4 is 187 Å². The summed E-state index contributed by atoms with van der Waals surface area (Å²) in [6.07, 6.45) is 0. The molecule has 2 nitrogen and oxygen atoms in total. The molecule has 0 amide bonds. The third kappa shape index (κ3) is 8.40. The second-order valence-corrected chi connectivity index (χ2v) is 24.4. The Morgan fingerprint density at radius 3 is 1.13 bits per heavy atom. The molecule has 0 fully saturated rings. The van der Waals surface area contributed by atoms with Gasteiger partial charge in [-0.2, -0.15) is 0 Å². The molecule has 0 aliphatic carbocycles. The molecule has 0 saturated heterocycles. The highest BCUT2D eigenvalue weighted by molar-refractivity contribution is 8.34. The van der Waals surface area contributed by atoms with Crippen LogP contribution < -0.4 is 54.6 Å². The van der Waals surface area contributed by atoms with E-state index in [4.69, 9.17) is 78.5 Å². The van der Waals surface area contributed by atoms with Gasteiger partial charge in [0.2, 0.25) is 0 Å². The Morgan fingerprint density at radius 2 is 0.624 bits per heavy atom. The van der Waals surface area contributed by atoms with E-state index in [9.17, 15) is 0 Å². The molecular formula is C72H40B10N2S. The maximum absolute atomic E-state index is 7.35. The highest BCUT2D eigenvalue weighted by Crippen LogP contribution is 2.74. The second kappa shape index (κ2) is 21.4. The largest absolute Gasteiger partial charge is 0.309 e. The zero-order valence-corrected chi connectivity index (χ0v) is 47.0. The molecule has 14 aromatic rings. The Morgan fingerprint density at radius 1 is 0.247 bits per heavy atom. The van der Waals surface area contributed by atoms with Crippen molar-refractivity contribution in [1.29, 1.82) is 0 Å². The quantitative estimate of drug-likeness (QED) is 0.124. The van der Waals surface area contributed by atoms with Crippen LogP contribution in [0.1, 0.15) is 0 Å². The highest BCUT2D eigenvalue weighted by Gasteiger charge is 2.36. The lowest BCUT2D eigenvalue weighted by Crippen LogP contribution is -2.55. The fraction of sp³-hybridized carbons (Fsp3) is 0. The number of benzene rings is 12. The Hall–Kier alpha value is -8.76. The number of para-hydroxylation sites is 3. The van der Waals surface area contributed by atoms with Gasteiger partial charge >= 0.3 is 0 Å². The summed E-state index contributed by atoms with van der Waals surface area (Å²) < 4.78 is 4.60. The standard InChI is InChI=1S/C72H40B10N2S/c73-61-59(62(74)66(78)69(81)65(61)77)54-39-46(85(43-22-7-2-8-23-43,44-24-9-3-10-25-44)45-26-11-4-12-27-45)40-55(60-63(75)67(79)70(82)68(80)64(60)76)72(54)84-57-35-18-16-31-50(57)53-38-42(36-37-58(53)84)83-56-34-17-15-30-49(56)52-33-19-32-51(71(52)83)48-29-14-13-28-47(48)41-20-5-1-6-21-41/h1-40H. The van der Waals surface area contributed by atoms with E-state index >= 15 is 0 Å². The van der Waals surface area contributed by atoms with E-state index in [1.54, 1.807) is 0 Å². The first-order valence-corrected chi connectivity index (χ1v) is 29.4. The molecule has 0 saturated carbocycles. The van der Waals surface area contributed by atoms with Gasteiger partial charge in [0.1, 0.15) is 78.5 Å². The molecule has 2 heterocycles. The van der Waals surface area contributed by atoms with Gasteiger partial charge in [-0.1, -0.05) is 186 Å². The van der Waals surface area contributed by atoms with E-state index in [2.05, 4.69) is 221 Å². The van der Waals surface area contributed by atoms with Crippen LogP contribution in [0.15, 0.2) is 262 Å². The van der Waals surface area contributed by atoms with Crippen molar-refractivity contribution in [2.45, 2.75) is 19.6 Å². The maximum atomic E-state index is 7.35. The van der Waals surface area contributed by atoms with E-state index in [0.29, 0.717) is 27.9 Å². The zero-order chi connectivity index (χ0) is 58.4. The van der Waals surface area contributed by atoms with Crippen LogP contribution in [0.5, 0.6) is 0 Å². The number of nitrogens with zero attached hydrogens (tertiary/aromatic N) is 2. The minimum atomic E-state index is -2.51. The van der Waals surface area contributed by atoms with Crippen molar-refractivity contribution < 1.29 is 0 Å². The Labute approximate surface area is 510 Å². The van der Waals surface area contributed by atoms with Gasteiger partial charge in [0, 0.05) is 63.5 Å². The highest BCUT2D eigenvalue weighted by atomic mass is 32.3. The van der Waals surface area contributed by atoms with Crippen LogP contribution in [-0.2, 0) is 0 Å². The molecule has 374 valence electrons. The lowest BCUT2D eigenvalue weighted by Gasteiger charge is -2.43. The lowest BCUT2D eigenvalue weighted by molar-refractivity contribution is 1.16. The molecule has 20 radical (unpaired) electrons. The molecule has 0 bridgehead atoms. The third-order valence-corrected chi connectivity index (χ3v) is 20.7. The van der Waals surface area contributed by atoms with Crippen molar-refractivity contribution in [3.05, 3.63) is 243 Å². The van der Waals surface area contributed by atoms with Gasteiger partial charge in [-0.3, -0.25) is 0 Å². The van der Waals surface area contributed by atoms with Gasteiger partial charge in [-0.05, 0) is 107 Å². The summed E-state index contributed by atoms with van der Waals surface area (Å²) in [6.45, 7) is 0. The molecule has 0 spiro atoms. The average molecular weight is 1070 g/mol. The zero-order valence-electron chi connectivity index (χ0n) is 46.2. The van der Waals surface area contributed by atoms with Crippen molar-refractivity contribution in [3.63, 3.8) is 0 Å². The first-order chi connectivity index (χ1) is 41.4. The number of fused-ring (bicyclic) bond motifs is 6. The predicted molar refractivity (Wildman–Crippen MR) is 371 cm³/mol. The summed E-state index contributed by atoms with van der Waals surface area (Å²) in [6, 6.07) is 85.0. The Balaban J connectivity index is 1.16. The van der Waals surface area contributed by atoms with Gasteiger partial charge in [-0.15, -0.1) is 42.8 Å². The van der Waals surface area contributed by atoms with Crippen LogP contribution >= 0.6 is 10.0 Å². The van der Waals surface area contributed by atoms with Crippen molar-refractivity contribution in [2.24, 2.45) is 0 Å². The maximum Gasteiger partial charge on any atom is 0.113 e. The van der Waals surface area contributed by atoms with Crippen LogP contribution in [-0.4, -0.2) is 87.6 Å². The molecule has 0 atom stereocenters. The van der Waals surface area contributed by atoms with Gasteiger partial charge < -0.3 is 9.13 Å². The van der Waals surface area contributed by atoms with E-state index in [-0.39, 0.29) is 54.6 Å². The summed E-state index contributed by atoms with van der Waals surface area (Å²) in [7, 11) is 68.0. The molecule has 12 aromatic carbocycles. The first-order valence-electron chi connectivity index (χ1n) is 27.8. The Bertz CT molecular complexity index is 4760. The summed E-state index contributed by atoms with van der Waals surface area (Å²) in [5, 5.41) is 4.14. The second-order valence-electron chi connectivity index (χ2n) is 21.3. The van der Waals surface area contributed by atoms with Crippen molar-refractivity contribution in [2.75, 3.05) is 0 Å². The average Bonchev–Trinajstić information content (AvgIpc) is 1.98. The molecule has 0 aliphatic heterocycles. The topological polar surface area (TPSA) is 9.86 Å². The predicted octanol–water partition coefficient (Wildman–Crippen LogP) is 7.83. The summed E-state index contributed by atoms with van der Waals surface area (Å²) in [4.78, 5) is 3.96. The van der Waals surface area contributed by atoms with Crippen LogP contribution in [0.2, 0.25) is 0 Å². The van der Waals surface area contributed by atoms with Gasteiger partial charge in [-0.25, -0.2) is 0 Å². The first kappa shape index (κ1) is 54.2. The number of hydrogen-bond acceptors (Lipinski definition) is 0. The van der Waals surface area contributed by atoms with E-state index in [0.717, 1.165) is 91.1 Å². The minimum absolute atomic E-state index is 0.0724. The Kier molecular flexibility index (Phi) is 13.6. The van der Waals surface area contributed by atoms with Crippen molar-refractivity contribution in [1.82, 2.24) is 9.13 Å². The third-order valence-electron chi connectivity index (χ3n) is 16.8. The molecule has 2 aromatic heterocycles. The number of rotatable bonds is 10. The minimum Gasteiger partial charge on any atom is -0.309 e. The summed E-state index contributed by atoms with van der Waals surface area (Å²) in [5.41, 5.74) is 12.6. The normalized spacial score (nSPS) is 12.0. The van der Waals surface area contributed by atoms with E-state index < -0.39 is 10.0 Å². The van der Waals surface area contributed by atoms with Crippen LogP contribution in [0.25, 0.3) is 99.5 Å². The molecule has 13 heteroatoms. The van der Waals surface area contributed by atoms with E-state index in [1.807, 2.05) is 30.3 Å². The van der Waals surface area contributed by atoms with Crippen LogP contribution in [0.4, 0.5) is 0 Å². The fourth-order valence-corrected chi connectivity index (χ4v) is 16.7. The monoisotopic (exact) mass is 1070 g/mol. The number of hydrogen-bond donors (Lipinski definition) is 0. The molecule has 0 N–H and O–H groups in total. The molecule has 0 unspecified atom stereocenters. The molecule has 85 heavy (non-hydrogen) atoms. The van der Waals surface area contributed by atoms with E-state index in [1.165, 1.54) is 0 Å². The van der Waals surface area contributed by atoms with Gasteiger partial charge in [0.05, 0.1) is 27.8 Å². The molecule has 0 aliphatic rings. The smallest absolute Gasteiger partial charge is 0.113 e. The lowest BCUT2D eigenvalue weighted by atomic mass is 9.58. The SMILES string of the molecule is [B]c1c([B])c([B])c(-c2cc(S(c3ccccc3)(c3ccccc3)c3ccccc3)cc(-c3c([B])c([B])c([B])c([B])c3[B])c2-n2c3ccccc3c3cc(-n4c5ccccc5c5cccc(-c6ccccc6-c6ccccc6)c54)ccc32)c([B])c1[B]. The van der Waals surface area contributed by atoms with Gasteiger partial charge in [0.15, 0.2) is 0 Å². The van der Waals surface area contributed by atoms with Crippen LogP contribution in [0, 0.1) is 0 Å². The van der Waals surface area contributed by atoms with Crippen LogP contribution in [0.3, 0.4) is 0 Å². The fourth-order valence-electron chi connectivity index (χ4n) is 12.8. The summed E-state index contributed by atoms with van der Waals surface area (Å²) in [5.74, 6) is 0.